The number of nitrogens with one attached hydrogen (secondary N) is 1. The van der Waals surface area contributed by atoms with Gasteiger partial charge in [0.15, 0.2) is 11.6 Å². The molecule has 1 N–H and O–H groups in total. The van der Waals surface area contributed by atoms with Crippen LogP contribution < -0.4 is 5.32 Å². The van der Waals surface area contributed by atoms with Gasteiger partial charge in [-0.1, -0.05) is 0 Å². The van der Waals surface area contributed by atoms with Crippen molar-refractivity contribution < 1.29 is 14.4 Å². The zero-order valence-electron chi connectivity index (χ0n) is 8.69. The molecular formula is C10H12N2O3S. The molecule has 0 saturated heterocycles. The van der Waals surface area contributed by atoms with Crippen LogP contribution in [0.4, 0.5) is 0 Å². The Kier molecular flexibility index (Phi) is 4.95. The topological polar surface area (TPSA) is 75.6 Å². The number of amides is 1. The van der Waals surface area contributed by atoms with E-state index in [9.17, 15) is 14.4 Å². The van der Waals surface area contributed by atoms with Crippen molar-refractivity contribution >= 4 is 34.9 Å². The third kappa shape index (κ3) is 4.00. The zero-order valence-corrected chi connectivity index (χ0v) is 9.51. The first-order valence-electron chi connectivity index (χ1n) is 5.01. The molecule has 0 radical (unpaired) electrons. The largest absolute Gasteiger partial charge is 0.346 e. The Labute approximate surface area is 98.3 Å². The number of hydrogen-bond donors (Lipinski definition) is 1. The van der Waals surface area contributed by atoms with Gasteiger partial charge in [-0.05, 0) is 25.1 Å². The fraction of sp³-hybridized carbons (Fsp3) is 0.600. The van der Waals surface area contributed by atoms with E-state index in [2.05, 4.69) is 27.7 Å². The molecule has 6 heteroatoms. The van der Waals surface area contributed by atoms with E-state index in [-0.39, 0.29) is 24.5 Å². The SMILES string of the molecule is O=C(CN=C=S)CC(=O)N[C@H]1CCCC1=O. The maximum absolute atomic E-state index is 11.3. The predicted molar refractivity (Wildman–Crippen MR) is 60.3 cm³/mol. The molecule has 0 heterocycles. The summed E-state index contributed by atoms with van der Waals surface area (Å²) in [5.74, 6) is -0.720. The molecule has 5 nitrogen and oxygen atoms in total. The maximum Gasteiger partial charge on any atom is 0.228 e. The summed E-state index contributed by atoms with van der Waals surface area (Å²) in [5.41, 5.74) is 0. The maximum atomic E-state index is 11.3. The van der Waals surface area contributed by atoms with Crippen LogP contribution in [0.15, 0.2) is 4.99 Å². The first-order chi connectivity index (χ1) is 7.63. The number of ketones is 2. The van der Waals surface area contributed by atoms with E-state index in [1.54, 1.807) is 0 Å². The van der Waals surface area contributed by atoms with Crippen LogP contribution in [-0.2, 0) is 14.4 Å². The monoisotopic (exact) mass is 240 g/mol. The second kappa shape index (κ2) is 6.25. The van der Waals surface area contributed by atoms with Gasteiger partial charge in [-0.3, -0.25) is 14.4 Å². The molecule has 0 aromatic heterocycles. The summed E-state index contributed by atoms with van der Waals surface area (Å²) >= 11 is 4.30. The van der Waals surface area contributed by atoms with Crippen molar-refractivity contribution in [3.8, 4) is 0 Å². The first kappa shape index (κ1) is 12.7. The van der Waals surface area contributed by atoms with Crippen LogP contribution in [0.5, 0.6) is 0 Å². The van der Waals surface area contributed by atoms with Gasteiger partial charge in [0, 0.05) is 6.42 Å². The van der Waals surface area contributed by atoms with E-state index in [4.69, 9.17) is 0 Å². The minimum Gasteiger partial charge on any atom is -0.346 e. The van der Waals surface area contributed by atoms with Crippen LogP contribution in [0.25, 0.3) is 0 Å². The summed E-state index contributed by atoms with van der Waals surface area (Å²) in [6, 6.07) is -0.408. The Bertz CT molecular complexity index is 361. The lowest BCUT2D eigenvalue weighted by Gasteiger charge is -2.09. The average Bonchev–Trinajstić information content (AvgIpc) is 2.61. The van der Waals surface area contributed by atoms with Gasteiger partial charge in [0.1, 0.15) is 6.54 Å². The molecule has 1 atom stereocenters. The summed E-state index contributed by atoms with van der Waals surface area (Å²) in [6.07, 6.45) is 1.71. The summed E-state index contributed by atoms with van der Waals surface area (Å²) < 4.78 is 0. The van der Waals surface area contributed by atoms with Crippen molar-refractivity contribution in [1.82, 2.24) is 5.32 Å². The van der Waals surface area contributed by atoms with Crippen LogP contribution >= 0.6 is 12.2 Å². The molecule has 86 valence electrons. The number of rotatable bonds is 5. The molecule has 1 fully saturated rings. The Hall–Kier alpha value is -1.39. The van der Waals surface area contributed by atoms with E-state index in [0.29, 0.717) is 12.8 Å². The van der Waals surface area contributed by atoms with Gasteiger partial charge in [-0.25, -0.2) is 4.99 Å². The van der Waals surface area contributed by atoms with Crippen molar-refractivity contribution in [2.75, 3.05) is 6.54 Å². The summed E-state index contributed by atoms with van der Waals surface area (Å²) in [7, 11) is 0. The van der Waals surface area contributed by atoms with Crippen molar-refractivity contribution in [3.05, 3.63) is 0 Å². The number of carbonyl (C=O) groups excluding carboxylic acids is 3. The van der Waals surface area contributed by atoms with Crippen molar-refractivity contribution in [3.63, 3.8) is 0 Å². The van der Waals surface area contributed by atoms with E-state index in [0.717, 1.165) is 6.42 Å². The van der Waals surface area contributed by atoms with Crippen molar-refractivity contribution in [2.24, 2.45) is 4.99 Å². The van der Waals surface area contributed by atoms with Crippen LogP contribution in [0.1, 0.15) is 25.7 Å². The summed E-state index contributed by atoms with van der Waals surface area (Å²) in [6.45, 7) is -0.129. The number of nitrogens with zero attached hydrogens (tertiary/aromatic N) is 1. The lowest BCUT2D eigenvalue weighted by molar-refractivity contribution is -0.130. The first-order valence-corrected chi connectivity index (χ1v) is 5.41. The van der Waals surface area contributed by atoms with Gasteiger partial charge in [-0.15, -0.1) is 0 Å². The number of isothiocyanates is 1. The van der Waals surface area contributed by atoms with E-state index >= 15 is 0 Å². The average molecular weight is 240 g/mol. The summed E-state index contributed by atoms with van der Waals surface area (Å²) in [4.78, 5) is 37.2. The van der Waals surface area contributed by atoms with Crippen molar-refractivity contribution in [2.45, 2.75) is 31.7 Å². The van der Waals surface area contributed by atoms with Crippen LogP contribution in [0, 0.1) is 0 Å². The molecule has 0 spiro atoms. The molecule has 1 rings (SSSR count). The fourth-order valence-corrected chi connectivity index (χ4v) is 1.63. The lowest BCUT2D eigenvalue weighted by atomic mass is 10.2. The number of Topliss-reactive ketones (excluding diaryl/α,β-unsaturated/α-hetero) is 2. The molecule has 1 saturated carbocycles. The molecule has 16 heavy (non-hydrogen) atoms. The van der Waals surface area contributed by atoms with Crippen molar-refractivity contribution in [1.29, 1.82) is 0 Å². The molecule has 1 amide bonds. The van der Waals surface area contributed by atoms with E-state index in [1.807, 2.05) is 0 Å². The molecule has 0 aliphatic heterocycles. The Balaban J connectivity index is 2.32. The van der Waals surface area contributed by atoms with Gasteiger partial charge < -0.3 is 5.32 Å². The quantitative estimate of drug-likeness (QED) is 0.425. The third-order valence-corrected chi connectivity index (χ3v) is 2.45. The highest BCUT2D eigenvalue weighted by Crippen LogP contribution is 2.14. The third-order valence-electron chi connectivity index (χ3n) is 2.32. The molecule has 1 aliphatic carbocycles. The molecular weight excluding hydrogens is 228 g/mol. The van der Waals surface area contributed by atoms with Gasteiger partial charge in [0.05, 0.1) is 17.6 Å². The molecule has 0 aromatic rings. The highest BCUT2D eigenvalue weighted by atomic mass is 32.1. The van der Waals surface area contributed by atoms with E-state index in [1.165, 1.54) is 0 Å². The molecule has 0 aromatic carbocycles. The van der Waals surface area contributed by atoms with Gasteiger partial charge in [0.2, 0.25) is 5.91 Å². The minimum atomic E-state index is -0.426. The van der Waals surface area contributed by atoms with Gasteiger partial charge in [0.25, 0.3) is 0 Å². The minimum absolute atomic E-state index is 0.0395. The van der Waals surface area contributed by atoms with Crippen LogP contribution in [-0.4, -0.2) is 35.2 Å². The second-order valence-corrected chi connectivity index (χ2v) is 3.78. The molecule has 1 aliphatic rings. The number of carbonyl (C=O) groups is 3. The van der Waals surface area contributed by atoms with Gasteiger partial charge in [-0.2, -0.15) is 0 Å². The van der Waals surface area contributed by atoms with Crippen LogP contribution in [0.3, 0.4) is 0 Å². The highest BCUT2D eigenvalue weighted by Gasteiger charge is 2.26. The van der Waals surface area contributed by atoms with Gasteiger partial charge >= 0.3 is 0 Å². The number of aliphatic imine (C=N–C) groups is 1. The Morgan fingerprint density at radius 2 is 2.31 bits per heavy atom. The Morgan fingerprint density at radius 3 is 2.88 bits per heavy atom. The normalized spacial score (nSPS) is 19.0. The smallest absolute Gasteiger partial charge is 0.228 e. The van der Waals surface area contributed by atoms with Crippen LogP contribution in [0.2, 0.25) is 0 Å². The molecule has 0 unspecified atom stereocenters. The second-order valence-electron chi connectivity index (χ2n) is 3.60. The Morgan fingerprint density at radius 1 is 1.56 bits per heavy atom. The lowest BCUT2D eigenvalue weighted by Crippen LogP contribution is -2.38. The molecule has 0 bridgehead atoms. The predicted octanol–water partition coefficient (Wildman–Crippen LogP) is 0.286. The highest BCUT2D eigenvalue weighted by molar-refractivity contribution is 7.78. The zero-order chi connectivity index (χ0) is 12.0. The van der Waals surface area contributed by atoms with E-state index < -0.39 is 11.9 Å². The standard InChI is InChI=1S/C10H12N2O3S/c13-7(5-11-6-16)4-10(15)12-8-2-1-3-9(8)14/h8H,1-5H2,(H,12,15)/t8-/m0/s1. The fourth-order valence-electron chi connectivity index (χ4n) is 1.57. The summed E-state index contributed by atoms with van der Waals surface area (Å²) in [5, 5.41) is 4.59. The number of hydrogen-bond acceptors (Lipinski definition) is 5. The number of thiocarbonyl (C=S) groups is 1.